The summed E-state index contributed by atoms with van der Waals surface area (Å²) in [7, 11) is 0. The zero-order chi connectivity index (χ0) is 13.8. The number of rotatable bonds is 6. The molecule has 1 rings (SSSR count). The smallest absolute Gasteiger partial charge is 0.407 e. The Morgan fingerprint density at radius 2 is 2.06 bits per heavy atom. The van der Waals surface area contributed by atoms with Crippen molar-refractivity contribution in [3.63, 3.8) is 0 Å². The normalized spacial score (nSPS) is 16.8. The van der Waals surface area contributed by atoms with Gasteiger partial charge >= 0.3 is 6.09 Å². The number of ketones is 1. The van der Waals surface area contributed by atoms with Crippen LogP contribution in [-0.4, -0.2) is 24.0 Å². The Labute approximate surface area is 109 Å². The van der Waals surface area contributed by atoms with Crippen molar-refractivity contribution in [3.05, 3.63) is 12.7 Å². The van der Waals surface area contributed by atoms with E-state index in [2.05, 4.69) is 11.9 Å². The number of allylic oxidation sites excluding steroid dienone is 1. The molecular weight excluding hydrogens is 230 g/mol. The first-order valence-electron chi connectivity index (χ1n) is 6.45. The second-order valence-corrected chi connectivity index (χ2v) is 5.87. The average Bonchev–Trinajstić information content (AvgIpc) is 3.04. The summed E-state index contributed by atoms with van der Waals surface area (Å²) < 4.78 is 5.13. The number of nitrogens with one attached hydrogen (secondary N) is 1. The molecule has 1 saturated carbocycles. The molecule has 102 valence electrons. The van der Waals surface area contributed by atoms with E-state index in [9.17, 15) is 9.59 Å². The minimum absolute atomic E-state index is 0.00189. The highest BCUT2D eigenvalue weighted by Crippen LogP contribution is 2.35. The summed E-state index contributed by atoms with van der Waals surface area (Å²) in [5.74, 6) is 0.472. The van der Waals surface area contributed by atoms with Gasteiger partial charge in [0.15, 0.2) is 5.78 Å². The predicted molar refractivity (Wildman–Crippen MR) is 70.3 cm³/mol. The largest absolute Gasteiger partial charge is 0.444 e. The van der Waals surface area contributed by atoms with Crippen LogP contribution in [0.15, 0.2) is 12.7 Å². The van der Waals surface area contributed by atoms with Gasteiger partial charge in [0, 0.05) is 12.5 Å². The van der Waals surface area contributed by atoms with Crippen LogP contribution < -0.4 is 5.32 Å². The van der Waals surface area contributed by atoms with E-state index >= 15 is 0 Å². The molecule has 1 amide bonds. The van der Waals surface area contributed by atoms with Gasteiger partial charge in [0.1, 0.15) is 5.60 Å². The van der Waals surface area contributed by atoms with Crippen LogP contribution in [0, 0.1) is 11.8 Å². The number of hydrogen-bond donors (Lipinski definition) is 1. The van der Waals surface area contributed by atoms with E-state index in [1.807, 2.05) is 20.8 Å². The summed E-state index contributed by atoms with van der Waals surface area (Å²) in [5, 5.41) is 2.66. The quantitative estimate of drug-likeness (QED) is 0.740. The third-order valence-electron chi connectivity index (χ3n) is 2.81. The van der Waals surface area contributed by atoms with Crippen LogP contribution in [0.2, 0.25) is 0 Å². The first-order chi connectivity index (χ1) is 8.31. The van der Waals surface area contributed by atoms with Crippen LogP contribution in [0.25, 0.3) is 0 Å². The molecule has 0 heterocycles. The van der Waals surface area contributed by atoms with Crippen LogP contribution in [0.4, 0.5) is 4.79 Å². The second-order valence-electron chi connectivity index (χ2n) is 5.87. The van der Waals surface area contributed by atoms with Crippen molar-refractivity contribution in [2.24, 2.45) is 11.8 Å². The van der Waals surface area contributed by atoms with Gasteiger partial charge in [-0.05, 0) is 39.2 Å². The van der Waals surface area contributed by atoms with E-state index in [1.165, 1.54) is 18.9 Å². The summed E-state index contributed by atoms with van der Waals surface area (Å²) in [6.45, 7) is 9.26. The Balaban J connectivity index is 2.38. The first-order valence-corrected chi connectivity index (χ1v) is 6.45. The molecule has 0 aromatic carbocycles. The maximum absolute atomic E-state index is 11.7. The summed E-state index contributed by atoms with van der Waals surface area (Å²) in [5.41, 5.74) is -0.515. The van der Waals surface area contributed by atoms with E-state index in [-0.39, 0.29) is 11.7 Å². The second kappa shape index (κ2) is 6.03. The number of carbonyl (C=O) groups is 2. The summed E-state index contributed by atoms with van der Waals surface area (Å²) in [4.78, 5) is 23.2. The molecule has 0 aliphatic heterocycles. The van der Waals surface area contributed by atoms with Crippen molar-refractivity contribution in [1.82, 2.24) is 5.32 Å². The third-order valence-corrected chi connectivity index (χ3v) is 2.81. The predicted octanol–water partition coefficient (Wildman–Crippen LogP) is 2.68. The van der Waals surface area contributed by atoms with Crippen molar-refractivity contribution in [1.29, 1.82) is 0 Å². The van der Waals surface area contributed by atoms with Crippen molar-refractivity contribution in [3.8, 4) is 0 Å². The van der Waals surface area contributed by atoms with Crippen LogP contribution in [0.3, 0.4) is 0 Å². The highest BCUT2D eigenvalue weighted by atomic mass is 16.6. The van der Waals surface area contributed by atoms with Gasteiger partial charge in [0.05, 0.1) is 0 Å². The topological polar surface area (TPSA) is 55.4 Å². The lowest BCUT2D eigenvalue weighted by Gasteiger charge is -2.21. The SMILES string of the molecule is C=CC(=O)C(CNC(=O)OC(C)(C)C)CC1CC1. The van der Waals surface area contributed by atoms with Gasteiger partial charge < -0.3 is 10.1 Å². The Kier molecular flexibility index (Phi) is 4.93. The lowest BCUT2D eigenvalue weighted by molar-refractivity contribution is -0.118. The lowest BCUT2D eigenvalue weighted by Crippen LogP contribution is -2.37. The molecule has 4 heteroatoms. The summed E-state index contributed by atoms with van der Waals surface area (Å²) in [6, 6.07) is 0. The van der Waals surface area contributed by atoms with Gasteiger partial charge in [-0.1, -0.05) is 19.4 Å². The van der Waals surface area contributed by atoms with Gasteiger partial charge in [-0.3, -0.25) is 4.79 Å². The molecule has 1 atom stereocenters. The monoisotopic (exact) mass is 253 g/mol. The molecule has 1 fully saturated rings. The molecule has 0 saturated heterocycles. The minimum Gasteiger partial charge on any atom is -0.444 e. The van der Waals surface area contributed by atoms with Crippen molar-refractivity contribution in [2.45, 2.75) is 45.6 Å². The average molecular weight is 253 g/mol. The van der Waals surface area contributed by atoms with Crippen LogP contribution >= 0.6 is 0 Å². The van der Waals surface area contributed by atoms with E-state index in [4.69, 9.17) is 4.74 Å². The van der Waals surface area contributed by atoms with Gasteiger partial charge in [0.2, 0.25) is 0 Å². The Morgan fingerprint density at radius 3 is 2.50 bits per heavy atom. The molecular formula is C14H23NO3. The Hall–Kier alpha value is -1.32. The van der Waals surface area contributed by atoms with E-state index in [1.54, 1.807) is 0 Å². The van der Waals surface area contributed by atoms with Crippen molar-refractivity contribution in [2.75, 3.05) is 6.54 Å². The van der Waals surface area contributed by atoms with Gasteiger partial charge in [-0.2, -0.15) is 0 Å². The van der Waals surface area contributed by atoms with Crippen LogP contribution in [0.5, 0.6) is 0 Å². The number of ether oxygens (including phenoxy) is 1. The molecule has 0 aromatic rings. The highest BCUT2D eigenvalue weighted by Gasteiger charge is 2.28. The van der Waals surface area contributed by atoms with Crippen LogP contribution in [-0.2, 0) is 9.53 Å². The lowest BCUT2D eigenvalue weighted by atomic mass is 9.97. The molecule has 0 radical (unpaired) electrons. The molecule has 4 nitrogen and oxygen atoms in total. The van der Waals surface area contributed by atoms with Crippen molar-refractivity contribution < 1.29 is 14.3 Å². The Bertz CT molecular complexity index is 326. The van der Waals surface area contributed by atoms with Gasteiger partial charge in [-0.25, -0.2) is 4.79 Å². The third kappa shape index (κ3) is 5.84. The molecule has 18 heavy (non-hydrogen) atoms. The van der Waals surface area contributed by atoms with E-state index < -0.39 is 11.7 Å². The zero-order valence-electron chi connectivity index (χ0n) is 11.5. The molecule has 0 aromatic heterocycles. The molecule has 1 N–H and O–H groups in total. The number of amides is 1. The Morgan fingerprint density at radius 1 is 1.44 bits per heavy atom. The minimum atomic E-state index is -0.515. The first kappa shape index (κ1) is 14.7. The zero-order valence-corrected chi connectivity index (χ0v) is 11.5. The van der Waals surface area contributed by atoms with Gasteiger partial charge in [0.25, 0.3) is 0 Å². The standard InChI is InChI=1S/C14H23NO3/c1-5-12(16)11(8-10-6-7-10)9-15-13(17)18-14(2,3)4/h5,10-11H,1,6-9H2,2-4H3,(H,15,17). The van der Waals surface area contributed by atoms with Crippen LogP contribution in [0.1, 0.15) is 40.0 Å². The maximum atomic E-state index is 11.7. The summed E-state index contributed by atoms with van der Waals surface area (Å²) >= 11 is 0. The molecule has 0 spiro atoms. The fraction of sp³-hybridized carbons (Fsp3) is 0.714. The van der Waals surface area contributed by atoms with Gasteiger partial charge in [-0.15, -0.1) is 0 Å². The maximum Gasteiger partial charge on any atom is 0.407 e. The highest BCUT2D eigenvalue weighted by molar-refractivity contribution is 5.91. The van der Waals surface area contributed by atoms with Crippen molar-refractivity contribution >= 4 is 11.9 Å². The molecule has 1 aliphatic carbocycles. The summed E-state index contributed by atoms with van der Waals surface area (Å²) in [6.07, 6.45) is 4.07. The molecule has 1 unspecified atom stereocenters. The number of carbonyl (C=O) groups excluding carboxylic acids is 2. The van der Waals surface area contributed by atoms with E-state index in [0.29, 0.717) is 12.5 Å². The fourth-order valence-corrected chi connectivity index (χ4v) is 1.74. The number of hydrogen-bond acceptors (Lipinski definition) is 3. The molecule has 0 bridgehead atoms. The van der Waals surface area contributed by atoms with E-state index in [0.717, 1.165) is 6.42 Å². The number of alkyl carbamates (subject to hydrolysis) is 1. The molecule has 1 aliphatic rings. The fourth-order valence-electron chi connectivity index (χ4n) is 1.74.